The van der Waals surface area contributed by atoms with Crippen LogP contribution < -0.4 is 15.4 Å². The summed E-state index contributed by atoms with van der Waals surface area (Å²) in [5.74, 6) is 1.52. The molecule has 0 aliphatic heterocycles. The number of nitrogens with zero attached hydrogens (tertiary/aromatic N) is 2. The van der Waals surface area contributed by atoms with Crippen LogP contribution in [0, 0.1) is 0 Å². The predicted octanol–water partition coefficient (Wildman–Crippen LogP) is 0.981. The number of hydrogen-bond donors (Lipinski definition) is 3. The van der Waals surface area contributed by atoms with Crippen LogP contribution in [0.5, 0.6) is 0 Å². The van der Waals surface area contributed by atoms with E-state index < -0.39 is 10.0 Å². The van der Waals surface area contributed by atoms with Gasteiger partial charge in [-0.3, -0.25) is 0 Å². The maximum absolute atomic E-state index is 10.9. The van der Waals surface area contributed by atoms with Crippen molar-refractivity contribution in [2.24, 2.45) is 0 Å². The second kappa shape index (κ2) is 8.28. The fourth-order valence-electron chi connectivity index (χ4n) is 1.44. The molecule has 0 aliphatic rings. The van der Waals surface area contributed by atoms with Gasteiger partial charge in [-0.2, -0.15) is 0 Å². The van der Waals surface area contributed by atoms with E-state index in [2.05, 4.69) is 25.3 Å². The Balaban J connectivity index is 2.48. The molecule has 0 aliphatic carbocycles. The first kappa shape index (κ1) is 17.0. The van der Waals surface area contributed by atoms with E-state index in [1.54, 1.807) is 0 Å². The molecule has 0 amide bonds. The Hall–Kier alpha value is -1.06. The molecule has 0 radical (unpaired) electrons. The fraction of sp³-hybridized carbons (Fsp3) is 0.636. The molecule has 1 aromatic heterocycles. The highest BCUT2D eigenvalue weighted by atomic mass is 32.2. The molecule has 0 atom stereocenters. The quantitative estimate of drug-likeness (QED) is 0.355. The minimum atomic E-state index is -3.11. The minimum Gasteiger partial charge on any atom is -0.370 e. The van der Waals surface area contributed by atoms with Crippen molar-refractivity contribution in [2.75, 3.05) is 42.8 Å². The molecule has 0 unspecified atom stereocenters. The normalized spacial score (nSPS) is 11.3. The van der Waals surface area contributed by atoms with Crippen LogP contribution in [0.25, 0.3) is 0 Å². The van der Waals surface area contributed by atoms with E-state index in [1.165, 1.54) is 11.8 Å². The summed E-state index contributed by atoms with van der Waals surface area (Å²) in [4.78, 5) is 8.67. The van der Waals surface area contributed by atoms with Crippen molar-refractivity contribution in [3.8, 4) is 0 Å². The largest absolute Gasteiger partial charge is 0.370 e. The van der Waals surface area contributed by atoms with Crippen LogP contribution in [0.3, 0.4) is 0 Å². The molecule has 0 spiro atoms. The van der Waals surface area contributed by atoms with Crippen molar-refractivity contribution in [3.63, 3.8) is 0 Å². The Kier molecular flexibility index (Phi) is 7.03. The number of nitrogens with one attached hydrogen (secondary N) is 3. The van der Waals surface area contributed by atoms with Crippen LogP contribution in [0.4, 0.5) is 11.6 Å². The minimum absolute atomic E-state index is 0.409. The van der Waals surface area contributed by atoms with Crippen LogP contribution in [0.15, 0.2) is 11.2 Å². The van der Waals surface area contributed by atoms with Crippen LogP contribution >= 0.6 is 11.8 Å². The Morgan fingerprint density at radius 3 is 2.40 bits per heavy atom. The molecule has 9 heteroatoms. The number of aromatic nitrogens is 2. The first-order chi connectivity index (χ1) is 9.44. The lowest BCUT2D eigenvalue weighted by atomic mass is 10.4. The molecule has 7 nitrogen and oxygen atoms in total. The summed E-state index contributed by atoms with van der Waals surface area (Å²) in [6.07, 6.45) is 3.76. The van der Waals surface area contributed by atoms with Gasteiger partial charge in [0.2, 0.25) is 10.0 Å². The van der Waals surface area contributed by atoms with Crippen LogP contribution in [0.1, 0.15) is 13.3 Å². The molecule has 3 N–H and O–H groups in total. The Morgan fingerprint density at radius 2 is 1.85 bits per heavy atom. The van der Waals surface area contributed by atoms with E-state index in [1.807, 2.05) is 19.2 Å². The van der Waals surface area contributed by atoms with Crippen molar-refractivity contribution in [1.82, 2.24) is 14.7 Å². The van der Waals surface area contributed by atoms with Crippen molar-refractivity contribution in [2.45, 2.75) is 18.5 Å². The first-order valence-electron chi connectivity index (χ1n) is 6.30. The average Bonchev–Trinajstić information content (AvgIpc) is 2.37. The topological polar surface area (TPSA) is 96.0 Å². The molecule has 0 saturated carbocycles. The standard InChI is InChI=1S/C11H21N5O2S2/c1-4-12-9-8-10(16-11(15-9)19-2)13-6-5-7-14-20(3,17)18/h8,14H,4-7H2,1-3H3,(H2,12,13,15,16). The second-order valence-electron chi connectivity index (χ2n) is 4.10. The summed E-state index contributed by atoms with van der Waals surface area (Å²) < 4.78 is 24.2. The van der Waals surface area contributed by atoms with Gasteiger partial charge in [0.1, 0.15) is 11.6 Å². The van der Waals surface area contributed by atoms with Gasteiger partial charge in [-0.15, -0.1) is 0 Å². The van der Waals surface area contributed by atoms with Gasteiger partial charge in [-0.05, 0) is 19.6 Å². The zero-order chi connectivity index (χ0) is 15.0. The van der Waals surface area contributed by atoms with Gasteiger partial charge >= 0.3 is 0 Å². The van der Waals surface area contributed by atoms with E-state index in [9.17, 15) is 8.42 Å². The van der Waals surface area contributed by atoms with Crippen molar-refractivity contribution >= 4 is 33.4 Å². The fourth-order valence-corrected chi connectivity index (χ4v) is 2.34. The summed E-state index contributed by atoms with van der Waals surface area (Å²) in [6.45, 7) is 3.85. The van der Waals surface area contributed by atoms with E-state index in [0.717, 1.165) is 24.4 Å². The lowest BCUT2D eigenvalue weighted by molar-refractivity contribution is 0.586. The molecular weight excluding hydrogens is 298 g/mol. The second-order valence-corrected chi connectivity index (χ2v) is 6.71. The summed E-state index contributed by atoms with van der Waals surface area (Å²) in [6, 6.07) is 1.84. The Bertz CT molecular complexity index is 522. The lowest BCUT2D eigenvalue weighted by Crippen LogP contribution is -2.24. The molecule has 0 bridgehead atoms. The van der Waals surface area contributed by atoms with Crippen molar-refractivity contribution in [3.05, 3.63) is 6.07 Å². The van der Waals surface area contributed by atoms with Gasteiger partial charge < -0.3 is 10.6 Å². The number of thioether (sulfide) groups is 1. The van der Waals surface area contributed by atoms with Gasteiger partial charge in [-0.25, -0.2) is 23.1 Å². The molecule has 1 aromatic rings. The van der Waals surface area contributed by atoms with E-state index >= 15 is 0 Å². The molecule has 114 valence electrons. The number of sulfonamides is 1. The van der Waals surface area contributed by atoms with Crippen LogP contribution in [-0.2, 0) is 10.0 Å². The third-order valence-electron chi connectivity index (χ3n) is 2.27. The first-order valence-corrected chi connectivity index (χ1v) is 9.41. The lowest BCUT2D eigenvalue weighted by Gasteiger charge is -2.09. The van der Waals surface area contributed by atoms with E-state index in [-0.39, 0.29) is 0 Å². The van der Waals surface area contributed by atoms with Crippen molar-refractivity contribution in [1.29, 1.82) is 0 Å². The molecular formula is C11H21N5O2S2. The molecule has 0 saturated heterocycles. The van der Waals surface area contributed by atoms with E-state index in [0.29, 0.717) is 24.7 Å². The summed E-state index contributed by atoms with van der Waals surface area (Å²) >= 11 is 1.48. The van der Waals surface area contributed by atoms with Gasteiger partial charge in [0.05, 0.1) is 6.26 Å². The molecule has 0 fully saturated rings. The van der Waals surface area contributed by atoms with Gasteiger partial charge in [0.25, 0.3) is 0 Å². The highest BCUT2D eigenvalue weighted by molar-refractivity contribution is 7.98. The molecule has 20 heavy (non-hydrogen) atoms. The van der Waals surface area contributed by atoms with Crippen molar-refractivity contribution < 1.29 is 8.42 Å². The maximum atomic E-state index is 10.9. The Labute approximate surface area is 124 Å². The third-order valence-corrected chi connectivity index (χ3v) is 3.55. The zero-order valence-corrected chi connectivity index (χ0v) is 13.6. The van der Waals surface area contributed by atoms with E-state index in [4.69, 9.17) is 0 Å². The Morgan fingerprint density at radius 1 is 1.20 bits per heavy atom. The highest BCUT2D eigenvalue weighted by Gasteiger charge is 2.03. The van der Waals surface area contributed by atoms with Gasteiger partial charge in [0.15, 0.2) is 5.16 Å². The van der Waals surface area contributed by atoms with Gasteiger partial charge in [0, 0.05) is 25.7 Å². The summed E-state index contributed by atoms with van der Waals surface area (Å²) in [7, 11) is -3.11. The zero-order valence-electron chi connectivity index (χ0n) is 11.9. The highest BCUT2D eigenvalue weighted by Crippen LogP contribution is 2.16. The monoisotopic (exact) mass is 319 g/mol. The van der Waals surface area contributed by atoms with Gasteiger partial charge in [-0.1, -0.05) is 11.8 Å². The number of rotatable bonds is 9. The molecule has 0 aromatic carbocycles. The van der Waals surface area contributed by atoms with Crippen LogP contribution in [0.2, 0.25) is 0 Å². The smallest absolute Gasteiger partial charge is 0.208 e. The SMILES string of the molecule is CCNc1cc(NCCCNS(C)(=O)=O)nc(SC)n1. The third kappa shape index (κ3) is 6.92. The number of hydrogen-bond acceptors (Lipinski definition) is 7. The maximum Gasteiger partial charge on any atom is 0.208 e. The predicted molar refractivity (Wildman–Crippen MR) is 83.9 cm³/mol. The number of anilines is 2. The summed E-state index contributed by atoms with van der Waals surface area (Å²) in [5, 5.41) is 7.01. The average molecular weight is 319 g/mol. The molecule has 1 rings (SSSR count). The molecule has 1 heterocycles. The summed E-state index contributed by atoms with van der Waals surface area (Å²) in [5.41, 5.74) is 0. The van der Waals surface area contributed by atoms with Crippen LogP contribution in [-0.4, -0.2) is 50.5 Å².